The van der Waals surface area contributed by atoms with E-state index in [2.05, 4.69) is 10.2 Å². The van der Waals surface area contributed by atoms with E-state index in [0.717, 1.165) is 29.6 Å². The summed E-state index contributed by atoms with van der Waals surface area (Å²) in [6.07, 6.45) is 8.12. The number of aryl methyl sites for hydroxylation is 1. The van der Waals surface area contributed by atoms with Gasteiger partial charge in [0.1, 0.15) is 0 Å². The van der Waals surface area contributed by atoms with Gasteiger partial charge in [-0.25, -0.2) is 0 Å². The molecule has 5 nitrogen and oxygen atoms in total. The van der Waals surface area contributed by atoms with Gasteiger partial charge in [-0.3, -0.25) is 4.79 Å². The Morgan fingerprint density at radius 1 is 1.10 bits per heavy atom. The van der Waals surface area contributed by atoms with Gasteiger partial charge in [0.15, 0.2) is 0 Å². The maximum atomic E-state index is 10.5. The molecule has 1 aromatic heterocycles. The van der Waals surface area contributed by atoms with Crippen LogP contribution in [0.4, 0.5) is 0 Å². The number of hydrogen-bond acceptors (Lipinski definition) is 4. The lowest BCUT2D eigenvalue weighted by Gasteiger charge is -2.53. The van der Waals surface area contributed by atoms with Crippen molar-refractivity contribution in [3.05, 3.63) is 11.8 Å². The lowest BCUT2D eigenvalue weighted by molar-refractivity contribution is -0.137. The second-order valence-corrected chi connectivity index (χ2v) is 7.24. The van der Waals surface area contributed by atoms with E-state index >= 15 is 0 Å². The molecule has 21 heavy (non-hydrogen) atoms. The summed E-state index contributed by atoms with van der Waals surface area (Å²) in [5.41, 5.74) is 0. The van der Waals surface area contributed by atoms with Crippen molar-refractivity contribution < 1.29 is 14.3 Å². The van der Waals surface area contributed by atoms with Crippen LogP contribution in [-0.4, -0.2) is 21.3 Å². The highest BCUT2D eigenvalue weighted by Crippen LogP contribution is 2.59. The topological polar surface area (TPSA) is 76.2 Å². The van der Waals surface area contributed by atoms with Gasteiger partial charge in [-0.2, -0.15) is 0 Å². The second-order valence-electron chi connectivity index (χ2n) is 7.24. The van der Waals surface area contributed by atoms with Crippen molar-refractivity contribution in [3.63, 3.8) is 0 Å². The molecule has 0 unspecified atom stereocenters. The standard InChI is InChI=1S/C16H22N2O3/c19-14(20)3-1-2-13-17-18-16(21-13)15-11-5-9-4-10(7-11)8-12(15)6-9/h9-12,15H,1-8H2,(H,19,20). The van der Waals surface area contributed by atoms with E-state index < -0.39 is 5.97 Å². The van der Waals surface area contributed by atoms with Crippen LogP contribution < -0.4 is 0 Å². The minimum absolute atomic E-state index is 0.162. The molecule has 5 heteroatoms. The summed E-state index contributed by atoms with van der Waals surface area (Å²) in [5.74, 6) is 4.52. The summed E-state index contributed by atoms with van der Waals surface area (Å²) in [7, 11) is 0. The SMILES string of the molecule is O=C(O)CCCc1nnc(C2C3CC4CC(C3)CC2C4)o1. The molecule has 0 amide bonds. The zero-order valence-electron chi connectivity index (χ0n) is 12.2. The maximum Gasteiger partial charge on any atom is 0.303 e. The highest BCUT2D eigenvalue weighted by molar-refractivity contribution is 5.66. The Hall–Kier alpha value is -1.39. The van der Waals surface area contributed by atoms with Crippen molar-refractivity contribution in [2.45, 2.75) is 57.3 Å². The molecule has 1 heterocycles. The number of carboxylic acid groups (broad SMARTS) is 1. The smallest absolute Gasteiger partial charge is 0.303 e. The first kappa shape index (κ1) is 13.3. The van der Waals surface area contributed by atoms with Crippen LogP contribution in [0.5, 0.6) is 0 Å². The molecule has 0 aromatic carbocycles. The predicted octanol–water partition coefficient (Wildman–Crippen LogP) is 3.02. The molecular weight excluding hydrogens is 268 g/mol. The first-order valence-corrected chi connectivity index (χ1v) is 8.23. The highest BCUT2D eigenvalue weighted by atomic mass is 16.4. The third-order valence-electron chi connectivity index (χ3n) is 5.78. The van der Waals surface area contributed by atoms with Crippen LogP contribution in [0.25, 0.3) is 0 Å². The summed E-state index contributed by atoms with van der Waals surface area (Å²) in [6.45, 7) is 0. The van der Waals surface area contributed by atoms with E-state index in [4.69, 9.17) is 9.52 Å². The molecule has 1 N–H and O–H groups in total. The summed E-state index contributed by atoms with van der Waals surface area (Å²) in [4.78, 5) is 10.5. The molecule has 0 aliphatic heterocycles. The first-order valence-electron chi connectivity index (χ1n) is 8.23. The Labute approximate surface area is 124 Å². The molecule has 0 saturated heterocycles. The van der Waals surface area contributed by atoms with Gasteiger partial charge in [0.2, 0.25) is 11.8 Å². The molecule has 4 saturated carbocycles. The first-order chi connectivity index (χ1) is 10.2. The second kappa shape index (κ2) is 5.11. The third kappa shape index (κ3) is 2.47. The number of nitrogens with zero attached hydrogens (tertiary/aromatic N) is 2. The lowest BCUT2D eigenvalue weighted by atomic mass is 9.52. The number of rotatable bonds is 5. The van der Waals surface area contributed by atoms with Crippen LogP contribution >= 0.6 is 0 Å². The fourth-order valence-electron chi connectivity index (χ4n) is 5.22. The number of carbonyl (C=O) groups is 1. The summed E-state index contributed by atoms with van der Waals surface area (Å²) < 4.78 is 5.88. The molecule has 0 radical (unpaired) electrons. The molecule has 0 spiro atoms. The monoisotopic (exact) mass is 290 g/mol. The van der Waals surface area contributed by atoms with Gasteiger partial charge in [0.25, 0.3) is 0 Å². The fourth-order valence-corrected chi connectivity index (χ4v) is 5.22. The molecule has 0 atom stereocenters. The van der Waals surface area contributed by atoms with E-state index in [9.17, 15) is 4.79 Å². The quantitative estimate of drug-likeness (QED) is 0.902. The minimum Gasteiger partial charge on any atom is -0.481 e. The highest BCUT2D eigenvalue weighted by Gasteiger charge is 2.50. The fraction of sp³-hybridized carbons (Fsp3) is 0.812. The Kier molecular flexibility index (Phi) is 3.23. The van der Waals surface area contributed by atoms with Gasteiger partial charge in [-0.15, -0.1) is 10.2 Å². The lowest BCUT2D eigenvalue weighted by Crippen LogP contribution is -2.43. The maximum absolute atomic E-state index is 10.5. The van der Waals surface area contributed by atoms with Crippen LogP contribution in [-0.2, 0) is 11.2 Å². The normalized spacial score (nSPS) is 37.0. The number of aliphatic carboxylic acids is 1. The van der Waals surface area contributed by atoms with Crippen molar-refractivity contribution in [1.82, 2.24) is 10.2 Å². The van der Waals surface area contributed by atoms with Crippen LogP contribution in [0.15, 0.2) is 4.42 Å². The van der Waals surface area contributed by atoms with Crippen LogP contribution in [0.2, 0.25) is 0 Å². The average Bonchev–Trinajstić information content (AvgIpc) is 2.85. The van der Waals surface area contributed by atoms with Gasteiger partial charge in [-0.1, -0.05) is 0 Å². The number of carboxylic acids is 1. The number of hydrogen-bond donors (Lipinski definition) is 1. The Morgan fingerprint density at radius 3 is 2.38 bits per heavy atom. The summed E-state index contributed by atoms with van der Waals surface area (Å²) in [5, 5.41) is 17.1. The van der Waals surface area contributed by atoms with Gasteiger partial charge in [-0.05, 0) is 62.2 Å². The van der Waals surface area contributed by atoms with Crippen LogP contribution in [0.3, 0.4) is 0 Å². The summed E-state index contributed by atoms with van der Waals surface area (Å²) in [6, 6.07) is 0. The third-order valence-corrected chi connectivity index (χ3v) is 5.78. The Balaban J connectivity index is 1.44. The van der Waals surface area contributed by atoms with Crippen molar-refractivity contribution >= 4 is 5.97 Å². The molecular formula is C16H22N2O3. The van der Waals surface area contributed by atoms with Gasteiger partial charge < -0.3 is 9.52 Å². The average molecular weight is 290 g/mol. The van der Waals surface area contributed by atoms with E-state index in [-0.39, 0.29) is 6.42 Å². The van der Waals surface area contributed by atoms with Gasteiger partial charge >= 0.3 is 5.97 Å². The number of aromatic nitrogens is 2. The van der Waals surface area contributed by atoms with Gasteiger partial charge in [0, 0.05) is 18.8 Å². The minimum atomic E-state index is -0.768. The molecule has 4 aliphatic carbocycles. The zero-order chi connectivity index (χ0) is 14.4. The summed E-state index contributed by atoms with van der Waals surface area (Å²) >= 11 is 0. The van der Waals surface area contributed by atoms with Gasteiger partial charge in [0.05, 0.1) is 0 Å². The van der Waals surface area contributed by atoms with Crippen molar-refractivity contribution in [2.24, 2.45) is 23.7 Å². The molecule has 4 fully saturated rings. The van der Waals surface area contributed by atoms with Crippen molar-refractivity contribution in [3.8, 4) is 0 Å². The van der Waals surface area contributed by atoms with Crippen LogP contribution in [0.1, 0.15) is 62.6 Å². The molecule has 5 rings (SSSR count). The molecule has 114 valence electrons. The van der Waals surface area contributed by atoms with E-state index in [1.54, 1.807) is 0 Å². The predicted molar refractivity (Wildman–Crippen MR) is 74.7 cm³/mol. The van der Waals surface area contributed by atoms with E-state index in [1.807, 2.05) is 0 Å². The zero-order valence-corrected chi connectivity index (χ0v) is 12.2. The largest absolute Gasteiger partial charge is 0.481 e. The molecule has 4 bridgehead atoms. The molecule has 4 aliphatic rings. The van der Waals surface area contributed by atoms with Crippen molar-refractivity contribution in [1.29, 1.82) is 0 Å². The van der Waals surface area contributed by atoms with Crippen LogP contribution in [0, 0.1) is 23.7 Å². The van der Waals surface area contributed by atoms with E-state index in [1.165, 1.54) is 32.1 Å². The van der Waals surface area contributed by atoms with E-state index in [0.29, 0.717) is 24.7 Å². The Bertz CT molecular complexity index is 511. The Morgan fingerprint density at radius 2 is 1.76 bits per heavy atom. The van der Waals surface area contributed by atoms with Crippen molar-refractivity contribution in [2.75, 3.05) is 0 Å². The molecule has 1 aromatic rings.